The minimum absolute atomic E-state index is 0.101. The Balaban J connectivity index is 2.07. The molecule has 2 heteroatoms. The van der Waals surface area contributed by atoms with Crippen molar-refractivity contribution < 1.29 is 0 Å². The summed E-state index contributed by atoms with van der Waals surface area (Å²) in [5.41, 5.74) is 9.08. The van der Waals surface area contributed by atoms with Crippen LogP contribution >= 0.6 is 11.8 Å². The van der Waals surface area contributed by atoms with Gasteiger partial charge in [-0.05, 0) is 49.1 Å². The molecule has 98 valence electrons. The molecule has 2 rings (SSSR count). The lowest BCUT2D eigenvalue weighted by Crippen LogP contribution is -2.13. The molecule has 1 nitrogen and oxygen atoms in total. The zero-order valence-electron chi connectivity index (χ0n) is 11.2. The summed E-state index contributed by atoms with van der Waals surface area (Å²) in [6.45, 7) is 2.18. The van der Waals surface area contributed by atoms with Gasteiger partial charge in [-0.1, -0.05) is 37.1 Å². The molecular formula is C16H23NS. The van der Waals surface area contributed by atoms with Gasteiger partial charge in [0.2, 0.25) is 0 Å². The molecule has 1 atom stereocenters. The Hall–Kier alpha value is -0.730. The first kappa shape index (κ1) is 13.7. The smallest absolute Gasteiger partial charge is 0.0510 e. The topological polar surface area (TPSA) is 26.0 Å². The number of hydrogen-bond donors (Lipinski definition) is 1. The summed E-state index contributed by atoms with van der Waals surface area (Å²) in [4.78, 5) is 1.34. The van der Waals surface area contributed by atoms with E-state index in [1.165, 1.54) is 48.1 Å². The minimum atomic E-state index is 0.101. The summed E-state index contributed by atoms with van der Waals surface area (Å²) < 4.78 is 0. The minimum Gasteiger partial charge on any atom is -0.321 e. The molecule has 1 unspecified atom stereocenters. The van der Waals surface area contributed by atoms with Crippen LogP contribution < -0.4 is 5.73 Å². The Labute approximate surface area is 115 Å². The fourth-order valence-corrected chi connectivity index (χ4v) is 3.14. The molecule has 1 aliphatic rings. The maximum absolute atomic E-state index is 6.39. The molecule has 0 fully saturated rings. The Kier molecular flexibility index (Phi) is 5.33. The SMILES string of the molecule is CCSc1ccc(C(N)C2=CCCCCC2)cc1. The fourth-order valence-electron chi connectivity index (χ4n) is 2.47. The molecule has 0 bridgehead atoms. The highest BCUT2D eigenvalue weighted by Crippen LogP contribution is 2.28. The molecule has 0 amide bonds. The number of nitrogens with two attached hydrogens (primary N) is 1. The maximum atomic E-state index is 6.39. The summed E-state index contributed by atoms with van der Waals surface area (Å²) in [7, 11) is 0. The molecule has 1 aliphatic carbocycles. The third kappa shape index (κ3) is 3.63. The van der Waals surface area contributed by atoms with E-state index in [9.17, 15) is 0 Å². The summed E-state index contributed by atoms with van der Waals surface area (Å²) in [5.74, 6) is 1.12. The van der Waals surface area contributed by atoms with Gasteiger partial charge in [-0.15, -0.1) is 11.8 Å². The molecule has 0 spiro atoms. The average Bonchev–Trinajstić information content (AvgIpc) is 2.68. The quantitative estimate of drug-likeness (QED) is 0.628. The molecule has 0 heterocycles. The third-order valence-electron chi connectivity index (χ3n) is 3.53. The Morgan fingerprint density at radius 3 is 2.67 bits per heavy atom. The van der Waals surface area contributed by atoms with E-state index in [1.54, 1.807) is 0 Å². The first-order valence-corrected chi connectivity index (χ1v) is 7.97. The molecule has 0 saturated heterocycles. The van der Waals surface area contributed by atoms with Gasteiger partial charge in [0.05, 0.1) is 6.04 Å². The molecular weight excluding hydrogens is 238 g/mol. The van der Waals surface area contributed by atoms with Crippen molar-refractivity contribution in [1.82, 2.24) is 0 Å². The van der Waals surface area contributed by atoms with Crippen molar-refractivity contribution in [3.8, 4) is 0 Å². The van der Waals surface area contributed by atoms with Crippen molar-refractivity contribution in [3.63, 3.8) is 0 Å². The van der Waals surface area contributed by atoms with Crippen molar-refractivity contribution in [3.05, 3.63) is 41.5 Å². The number of rotatable bonds is 4. The fraction of sp³-hybridized carbons (Fsp3) is 0.500. The molecule has 18 heavy (non-hydrogen) atoms. The Bertz CT molecular complexity index is 394. The van der Waals surface area contributed by atoms with Crippen LogP contribution in [0.3, 0.4) is 0 Å². The van der Waals surface area contributed by atoms with Crippen LogP contribution in [-0.4, -0.2) is 5.75 Å². The number of thioether (sulfide) groups is 1. The van der Waals surface area contributed by atoms with Crippen LogP contribution in [0, 0.1) is 0 Å². The highest BCUT2D eigenvalue weighted by Gasteiger charge is 2.13. The van der Waals surface area contributed by atoms with Crippen LogP contribution in [0.5, 0.6) is 0 Å². The van der Waals surface area contributed by atoms with Crippen molar-refractivity contribution in [2.24, 2.45) is 5.73 Å². The number of hydrogen-bond acceptors (Lipinski definition) is 2. The van der Waals surface area contributed by atoms with Gasteiger partial charge in [0, 0.05) is 4.90 Å². The summed E-state index contributed by atoms with van der Waals surface area (Å²) in [5, 5.41) is 0. The van der Waals surface area contributed by atoms with E-state index in [0.29, 0.717) is 0 Å². The van der Waals surface area contributed by atoms with Gasteiger partial charge in [0.25, 0.3) is 0 Å². The molecule has 0 aliphatic heterocycles. The van der Waals surface area contributed by atoms with Crippen LogP contribution in [0.1, 0.15) is 50.6 Å². The lowest BCUT2D eigenvalue weighted by Gasteiger charge is -2.16. The standard InChI is InChI=1S/C16H23NS/c1-2-18-15-11-9-14(10-12-15)16(17)13-7-5-3-4-6-8-13/h7,9-12,16H,2-6,8,17H2,1H3. The van der Waals surface area contributed by atoms with Crippen molar-refractivity contribution in [2.75, 3.05) is 5.75 Å². The van der Waals surface area contributed by atoms with Crippen molar-refractivity contribution >= 4 is 11.8 Å². The van der Waals surface area contributed by atoms with E-state index in [2.05, 4.69) is 37.3 Å². The lowest BCUT2D eigenvalue weighted by atomic mass is 9.96. The first-order valence-electron chi connectivity index (χ1n) is 6.98. The van der Waals surface area contributed by atoms with E-state index in [4.69, 9.17) is 5.73 Å². The van der Waals surface area contributed by atoms with Gasteiger partial charge < -0.3 is 5.73 Å². The molecule has 1 aromatic rings. The van der Waals surface area contributed by atoms with Gasteiger partial charge in [0.1, 0.15) is 0 Å². The van der Waals surface area contributed by atoms with Gasteiger partial charge in [-0.25, -0.2) is 0 Å². The number of allylic oxidation sites excluding steroid dienone is 1. The van der Waals surface area contributed by atoms with Gasteiger partial charge in [0.15, 0.2) is 0 Å². The maximum Gasteiger partial charge on any atom is 0.0510 e. The normalized spacial score (nSPS) is 18.0. The lowest BCUT2D eigenvalue weighted by molar-refractivity contribution is 0.688. The summed E-state index contributed by atoms with van der Waals surface area (Å²) in [6.07, 6.45) is 8.70. The van der Waals surface area contributed by atoms with Crippen LogP contribution in [0.4, 0.5) is 0 Å². The Morgan fingerprint density at radius 2 is 1.94 bits per heavy atom. The van der Waals surface area contributed by atoms with Gasteiger partial charge in [-0.3, -0.25) is 0 Å². The van der Waals surface area contributed by atoms with Gasteiger partial charge in [-0.2, -0.15) is 0 Å². The first-order chi connectivity index (χ1) is 8.81. The average molecular weight is 261 g/mol. The highest BCUT2D eigenvalue weighted by atomic mass is 32.2. The second kappa shape index (κ2) is 7.01. The molecule has 2 N–H and O–H groups in total. The van der Waals surface area contributed by atoms with E-state index in [-0.39, 0.29) is 6.04 Å². The predicted molar refractivity (Wildman–Crippen MR) is 80.9 cm³/mol. The molecule has 0 saturated carbocycles. The van der Waals surface area contributed by atoms with E-state index in [0.717, 1.165) is 5.75 Å². The highest BCUT2D eigenvalue weighted by molar-refractivity contribution is 7.99. The van der Waals surface area contributed by atoms with Gasteiger partial charge >= 0.3 is 0 Å². The molecule has 0 aromatic heterocycles. The number of benzene rings is 1. The van der Waals surface area contributed by atoms with Crippen molar-refractivity contribution in [1.29, 1.82) is 0 Å². The molecule has 1 aromatic carbocycles. The monoisotopic (exact) mass is 261 g/mol. The van der Waals surface area contributed by atoms with Crippen LogP contribution in [-0.2, 0) is 0 Å². The van der Waals surface area contributed by atoms with Crippen LogP contribution in [0.25, 0.3) is 0 Å². The van der Waals surface area contributed by atoms with E-state index in [1.807, 2.05) is 11.8 Å². The van der Waals surface area contributed by atoms with E-state index < -0.39 is 0 Å². The molecule has 0 radical (unpaired) electrons. The van der Waals surface area contributed by atoms with Crippen molar-refractivity contribution in [2.45, 2.75) is 50.0 Å². The second-order valence-corrected chi connectivity index (χ2v) is 6.20. The van der Waals surface area contributed by atoms with E-state index >= 15 is 0 Å². The largest absolute Gasteiger partial charge is 0.321 e. The zero-order chi connectivity index (χ0) is 12.8. The third-order valence-corrected chi connectivity index (χ3v) is 4.42. The second-order valence-electron chi connectivity index (χ2n) is 4.86. The van der Waals surface area contributed by atoms with Crippen LogP contribution in [0.15, 0.2) is 40.8 Å². The zero-order valence-corrected chi connectivity index (χ0v) is 12.0. The van der Waals surface area contributed by atoms with Crippen LogP contribution in [0.2, 0.25) is 0 Å². The Morgan fingerprint density at radius 1 is 1.17 bits per heavy atom. The summed E-state index contributed by atoms with van der Waals surface area (Å²) >= 11 is 1.88. The predicted octanol–water partition coefficient (Wildman–Crippen LogP) is 4.69. The summed E-state index contributed by atoms with van der Waals surface area (Å²) in [6, 6.07) is 8.87.